The fourth-order valence-electron chi connectivity index (χ4n) is 3.57. The second-order valence-electron chi connectivity index (χ2n) is 8.89. The van der Waals surface area contributed by atoms with Gasteiger partial charge in [0, 0.05) is 12.8 Å². The maximum Gasteiger partial charge on any atom is 0.233 e. The Labute approximate surface area is 199 Å². The Balaban J connectivity index is 0.000000615. The predicted octanol–water partition coefficient (Wildman–Crippen LogP) is 8.98. The van der Waals surface area contributed by atoms with Crippen LogP contribution < -0.4 is 0 Å². The molecule has 0 bridgehead atoms. The van der Waals surface area contributed by atoms with Crippen LogP contribution in [0, 0.1) is 0 Å². The van der Waals surface area contributed by atoms with Crippen molar-refractivity contribution in [3.8, 4) is 0 Å². The molecule has 1 aliphatic carbocycles. The smallest absolute Gasteiger partial charge is 0.233 e. The van der Waals surface area contributed by atoms with Gasteiger partial charge in [-0.2, -0.15) is 22.4 Å². The van der Waals surface area contributed by atoms with Gasteiger partial charge in [-0.25, -0.2) is 9.78 Å². The van der Waals surface area contributed by atoms with Gasteiger partial charge in [-0.1, -0.05) is 97.8 Å². The van der Waals surface area contributed by atoms with E-state index >= 15 is 0 Å². The number of unbranched alkanes of at least 4 members (excludes halogenated alkanes) is 11. The lowest BCUT2D eigenvalue weighted by atomic mass is 9.94. The summed E-state index contributed by atoms with van der Waals surface area (Å²) in [4.78, 5) is 21.5. The Hall–Kier alpha value is 0.190. The Morgan fingerprint density at radius 1 is 0.548 bits per heavy atom. The molecular weight excluding hydrogens is 408 g/mol. The van der Waals surface area contributed by atoms with Gasteiger partial charge in [0.2, 0.25) is 5.79 Å². The van der Waals surface area contributed by atoms with Crippen molar-refractivity contribution in [2.24, 2.45) is 0 Å². The first-order chi connectivity index (χ1) is 15.2. The second-order valence-corrected chi connectivity index (χ2v) is 9.34. The molecule has 0 amide bonds. The number of hydrogen-bond acceptors (Lipinski definition) is 5. The molecule has 0 aromatic heterocycles. The average Bonchev–Trinajstić information content (AvgIpc) is 2.80. The van der Waals surface area contributed by atoms with Gasteiger partial charge in [0.15, 0.2) is 0 Å². The molecule has 4 nitrogen and oxygen atoms in total. The molecule has 188 valence electrons. The molecule has 0 radical (unpaired) electrons. The molecule has 0 aromatic carbocycles. The zero-order valence-electron chi connectivity index (χ0n) is 21.1. The molecule has 1 saturated carbocycles. The summed E-state index contributed by atoms with van der Waals surface area (Å²) >= 11 is 4.20. The van der Waals surface area contributed by atoms with Crippen molar-refractivity contribution >= 4 is 12.6 Å². The lowest BCUT2D eigenvalue weighted by molar-refractivity contribution is -0.517. The van der Waals surface area contributed by atoms with Crippen LogP contribution in [0.4, 0.5) is 0 Å². The number of rotatable bonds is 20. The first-order valence-corrected chi connectivity index (χ1v) is 14.1. The average molecular weight is 463 g/mol. The topological polar surface area (TPSA) is 36.9 Å². The van der Waals surface area contributed by atoms with Gasteiger partial charge in [-0.15, -0.1) is 0 Å². The summed E-state index contributed by atoms with van der Waals surface area (Å²) in [5.41, 5.74) is 0. The standard InChI is InChI=1S/C14H28O4.C12H26S/c1-3-5-12-15-17-14(10-8-7-9-11-14)18-16-13-6-4-2;1-2-3-4-5-6-7-8-9-10-11-12-13/h3-13H2,1-2H3;13H,2-12H2,1H3. The monoisotopic (exact) mass is 462 g/mol. The van der Waals surface area contributed by atoms with E-state index in [9.17, 15) is 0 Å². The van der Waals surface area contributed by atoms with Gasteiger partial charge in [0.25, 0.3) is 0 Å². The Bertz CT molecular complexity index is 311. The molecule has 5 heteroatoms. The summed E-state index contributed by atoms with van der Waals surface area (Å²) in [6.07, 6.45) is 23.5. The van der Waals surface area contributed by atoms with E-state index in [0.717, 1.165) is 57.1 Å². The minimum atomic E-state index is -0.667. The maximum atomic E-state index is 5.51. The quantitative estimate of drug-likeness (QED) is 0.0644. The number of hydrogen-bond donors (Lipinski definition) is 1. The minimum Gasteiger partial charge on any atom is -0.234 e. The van der Waals surface area contributed by atoms with Crippen LogP contribution in [0.2, 0.25) is 0 Å². The van der Waals surface area contributed by atoms with Gasteiger partial charge in [-0.05, 0) is 37.9 Å². The summed E-state index contributed by atoms with van der Waals surface area (Å²) in [6.45, 7) is 7.78. The van der Waals surface area contributed by atoms with Crippen LogP contribution in [0.25, 0.3) is 0 Å². The first-order valence-electron chi connectivity index (χ1n) is 13.5. The molecular formula is C26H54O4S. The normalized spacial score (nSPS) is 15.5. The Kier molecular flexibility index (Phi) is 25.0. The van der Waals surface area contributed by atoms with Crippen molar-refractivity contribution in [1.29, 1.82) is 0 Å². The van der Waals surface area contributed by atoms with E-state index in [-0.39, 0.29) is 0 Å². The Morgan fingerprint density at radius 2 is 0.968 bits per heavy atom. The van der Waals surface area contributed by atoms with Gasteiger partial charge >= 0.3 is 0 Å². The summed E-state index contributed by atoms with van der Waals surface area (Å²) in [5, 5.41) is 0. The molecule has 0 N–H and O–H groups in total. The maximum absolute atomic E-state index is 5.51. The summed E-state index contributed by atoms with van der Waals surface area (Å²) in [7, 11) is 0. The second kappa shape index (κ2) is 24.8. The minimum absolute atomic E-state index is 0.622. The first kappa shape index (κ1) is 31.2. The van der Waals surface area contributed by atoms with E-state index in [1.807, 2.05) is 0 Å². The van der Waals surface area contributed by atoms with Crippen molar-refractivity contribution in [3.63, 3.8) is 0 Å². The molecule has 31 heavy (non-hydrogen) atoms. The van der Waals surface area contributed by atoms with Crippen LogP contribution in [-0.4, -0.2) is 24.8 Å². The molecule has 0 atom stereocenters. The van der Waals surface area contributed by atoms with E-state index in [2.05, 4.69) is 33.4 Å². The van der Waals surface area contributed by atoms with Crippen LogP contribution in [0.1, 0.15) is 143 Å². The van der Waals surface area contributed by atoms with Gasteiger partial charge < -0.3 is 0 Å². The van der Waals surface area contributed by atoms with Crippen LogP contribution in [0.15, 0.2) is 0 Å². The molecule has 0 heterocycles. The molecule has 1 fully saturated rings. The molecule has 1 rings (SSSR count). The highest BCUT2D eigenvalue weighted by Gasteiger charge is 2.37. The third-order valence-electron chi connectivity index (χ3n) is 5.71. The SMILES string of the molecule is CCCCCCCCCCCCS.CCCCOOC1(OOCCCC)CCCCC1. The van der Waals surface area contributed by atoms with Crippen molar-refractivity contribution in [1.82, 2.24) is 0 Å². The number of thiol groups is 1. The van der Waals surface area contributed by atoms with Gasteiger partial charge in [0.1, 0.15) is 0 Å². The van der Waals surface area contributed by atoms with Crippen LogP contribution >= 0.6 is 12.6 Å². The van der Waals surface area contributed by atoms with Crippen LogP contribution in [-0.2, 0) is 19.6 Å². The predicted molar refractivity (Wildman–Crippen MR) is 135 cm³/mol. The van der Waals surface area contributed by atoms with Crippen molar-refractivity contribution in [2.75, 3.05) is 19.0 Å². The van der Waals surface area contributed by atoms with E-state index in [1.54, 1.807) is 0 Å². The lowest BCUT2D eigenvalue weighted by Gasteiger charge is -2.33. The van der Waals surface area contributed by atoms with Gasteiger partial charge in [-0.3, -0.25) is 0 Å². The van der Waals surface area contributed by atoms with E-state index in [1.165, 1.54) is 70.6 Å². The third kappa shape index (κ3) is 20.5. The fraction of sp³-hybridized carbons (Fsp3) is 1.00. The summed E-state index contributed by atoms with van der Waals surface area (Å²) in [5.74, 6) is 0.399. The van der Waals surface area contributed by atoms with E-state index in [0.29, 0.717) is 13.2 Å². The molecule has 0 aliphatic heterocycles. The highest BCUT2D eigenvalue weighted by molar-refractivity contribution is 7.80. The van der Waals surface area contributed by atoms with Crippen LogP contribution in [0.3, 0.4) is 0 Å². The zero-order chi connectivity index (χ0) is 22.9. The van der Waals surface area contributed by atoms with E-state index in [4.69, 9.17) is 19.6 Å². The van der Waals surface area contributed by atoms with Crippen molar-refractivity contribution in [2.45, 2.75) is 149 Å². The highest BCUT2D eigenvalue weighted by atomic mass is 32.1. The molecule has 0 spiro atoms. The van der Waals surface area contributed by atoms with E-state index < -0.39 is 5.79 Å². The third-order valence-corrected chi connectivity index (χ3v) is 6.03. The van der Waals surface area contributed by atoms with Crippen molar-refractivity contribution < 1.29 is 19.6 Å². The molecule has 0 unspecified atom stereocenters. The van der Waals surface area contributed by atoms with Gasteiger partial charge in [0.05, 0.1) is 13.2 Å². The zero-order valence-corrected chi connectivity index (χ0v) is 22.0. The van der Waals surface area contributed by atoms with Crippen LogP contribution in [0.5, 0.6) is 0 Å². The fourth-order valence-corrected chi connectivity index (χ4v) is 3.80. The molecule has 0 aromatic rings. The van der Waals surface area contributed by atoms with Crippen molar-refractivity contribution in [3.05, 3.63) is 0 Å². The Morgan fingerprint density at radius 3 is 1.39 bits per heavy atom. The highest BCUT2D eigenvalue weighted by Crippen LogP contribution is 2.33. The largest absolute Gasteiger partial charge is 0.234 e. The lowest BCUT2D eigenvalue weighted by Crippen LogP contribution is -2.38. The molecule has 1 aliphatic rings. The molecule has 0 saturated heterocycles. The summed E-state index contributed by atoms with van der Waals surface area (Å²) < 4.78 is 0. The summed E-state index contributed by atoms with van der Waals surface area (Å²) in [6, 6.07) is 0.